The van der Waals surface area contributed by atoms with Crippen molar-refractivity contribution in [2.45, 2.75) is 18.9 Å². The molecule has 0 atom stereocenters. The highest BCUT2D eigenvalue weighted by molar-refractivity contribution is 8.00. The van der Waals surface area contributed by atoms with Crippen molar-refractivity contribution >= 4 is 50.7 Å². The van der Waals surface area contributed by atoms with E-state index in [0.717, 1.165) is 26.4 Å². The van der Waals surface area contributed by atoms with Crippen LogP contribution in [0.5, 0.6) is 0 Å². The van der Waals surface area contributed by atoms with Crippen LogP contribution in [0.1, 0.15) is 21.7 Å². The lowest BCUT2D eigenvalue weighted by atomic mass is 10.1. The Morgan fingerprint density at radius 3 is 2.62 bits per heavy atom. The number of nitrogens with zero attached hydrogens (tertiary/aromatic N) is 2. The van der Waals surface area contributed by atoms with E-state index in [1.165, 1.54) is 23.9 Å². The molecule has 146 valence electrons. The molecule has 29 heavy (non-hydrogen) atoms. The Labute approximate surface area is 181 Å². The van der Waals surface area contributed by atoms with Crippen LogP contribution >= 0.6 is 34.7 Å². The molecule has 0 spiro atoms. The molecule has 0 saturated heterocycles. The smallest absolute Gasteiger partial charge is 0.173 e. The summed E-state index contributed by atoms with van der Waals surface area (Å²) in [6.07, 6.45) is 0. The summed E-state index contributed by atoms with van der Waals surface area (Å²) < 4.78 is 13.5. The molecule has 4 rings (SSSR count). The van der Waals surface area contributed by atoms with Crippen LogP contribution in [-0.4, -0.2) is 21.5 Å². The molecule has 0 aliphatic carbocycles. The molecular weight excluding hydrogens is 427 g/mol. The Hall–Kier alpha value is -2.28. The predicted octanol–water partition coefficient (Wildman–Crippen LogP) is 6.74. The van der Waals surface area contributed by atoms with Gasteiger partial charge in [0.25, 0.3) is 0 Å². The van der Waals surface area contributed by atoms with Crippen molar-refractivity contribution in [2.75, 3.05) is 5.75 Å². The lowest BCUT2D eigenvalue weighted by Crippen LogP contribution is -2.04. The van der Waals surface area contributed by atoms with Crippen molar-refractivity contribution in [1.29, 1.82) is 0 Å². The molecule has 2 aromatic carbocycles. The SMILES string of the molecule is Cc1nc(SCC(=O)c2ccc(F)c(C)c2)c2c(-c3ccc(Cl)cc3)csc2n1. The van der Waals surface area contributed by atoms with Gasteiger partial charge in [0, 0.05) is 21.5 Å². The average Bonchev–Trinajstić information content (AvgIpc) is 3.12. The summed E-state index contributed by atoms with van der Waals surface area (Å²) in [5, 5.41) is 4.44. The molecule has 4 aromatic rings. The number of hydrogen-bond acceptors (Lipinski definition) is 5. The number of benzene rings is 2. The van der Waals surface area contributed by atoms with E-state index in [1.54, 1.807) is 24.3 Å². The predicted molar refractivity (Wildman–Crippen MR) is 119 cm³/mol. The maximum Gasteiger partial charge on any atom is 0.173 e. The van der Waals surface area contributed by atoms with Gasteiger partial charge in [-0.3, -0.25) is 4.79 Å². The Morgan fingerprint density at radius 2 is 1.90 bits per heavy atom. The largest absolute Gasteiger partial charge is 0.293 e. The fourth-order valence-corrected chi connectivity index (χ4v) is 5.16. The Bertz CT molecular complexity index is 1220. The second-order valence-corrected chi connectivity index (χ2v) is 8.85. The first-order valence-corrected chi connectivity index (χ1v) is 11.1. The van der Waals surface area contributed by atoms with Gasteiger partial charge in [-0.1, -0.05) is 35.5 Å². The fraction of sp³-hybridized carbons (Fsp3) is 0.136. The van der Waals surface area contributed by atoms with Crippen LogP contribution in [0.25, 0.3) is 21.3 Å². The third-order valence-electron chi connectivity index (χ3n) is 4.49. The second-order valence-electron chi connectivity index (χ2n) is 6.59. The number of halogens is 2. The van der Waals surface area contributed by atoms with E-state index in [9.17, 15) is 9.18 Å². The van der Waals surface area contributed by atoms with E-state index in [-0.39, 0.29) is 17.4 Å². The number of fused-ring (bicyclic) bond motifs is 1. The number of hydrogen-bond donors (Lipinski definition) is 0. The molecule has 2 heterocycles. The number of thioether (sulfide) groups is 1. The molecule has 7 heteroatoms. The quantitative estimate of drug-likeness (QED) is 0.195. The van der Waals surface area contributed by atoms with Crippen LogP contribution in [0.4, 0.5) is 4.39 Å². The lowest BCUT2D eigenvalue weighted by Gasteiger charge is -2.07. The molecule has 3 nitrogen and oxygen atoms in total. The minimum Gasteiger partial charge on any atom is -0.293 e. The first-order valence-electron chi connectivity index (χ1n) is 8.86. The van der Waals surface area contributed by atoms with Crippen molar-refractivity contribution in [3.63, 3.8) is 0 Å². The maximum atomic E-state index is 13.5. The molecular formula is C22H16ClFN2OS2. The van der Waals surface area contributed by atoms with Gasteiger partial charge in [-0.15, -0.1) is 11.3 Å². The van der Waals surface area contributed by atoms with E-state index in [2.05, 4.69) is 15.3 Å². The van der Waals surface area contributed by atoms with Gasteiger partial charge in [0.15, 0.2) is 5.78 Å². The molecule has 0 amide bonds. The molecule has 0 fully saturated rings. The van der Waals surface area contributed by atoms with Crippen LogP contribution in [0.15, 0.2) is 52.9 Å². The molecule has 0 aliphatic rings. The summed E-state index contributed by atoms with van der Waals surface area (Å²) in [6, 6.07) is 12.1. The van der Waals surface area contributed by atoms with Crippen LogP contribution in [0, 0.1) is 19.7 Å². The number of ketones is 1. The Balaban J connectivity index is 1.67. The number of thiophene rings is 1. The minimum atomic E-state index is -0.312. The summed E-state index contributed by atoms with van der Waals surface area (Å²) in [4.78, 5) is 22.7. The van der Waals surface area contributed by atoms with E-state index >= 15 is 0 Å². The van der Waals surface area contributed by atoms with Crippen molar-refractivity contribution in [1.82, 2.24) is 9.97 Å². The minimum absolute atomic E-state index is 0.0641. The summed E-state index contributed by atoms with van der Waals surface area (Å²) in [6.45, 7) is 3.50. The molecule has 0 unspecified atom stereocenters. The highest BCUT2D eigenvalue weighted by Gasteiger charge is 2.17. The number of carbonyl (C=O) groups excluding carboxylic acids is 1. The van der Waals surface area contributed by atoms with Crippen LogP contribution in [-0.2, 0) is 0 Å². The fourth-order valence-electron chi connectivity index (χ4n) is 2.99. The van der Waals surface area contributed by atoms with E-state index in [1.807, 2.05) is 31.2 Å². The zero-order chi connectivity index (χ0) is 20.5. The molecule has 0 N–H and O–H groups in total. The average molecular weight is 443 g/mol. The van der Waals surface area contributed by atoms with Gasteiger partial charge in [-0.05, 0) is 55.3 Å². The van der Waals surface area contributed by atoms with E-state index in [4.69, 9.17) is 11.6 Å². The Kier molecular flexibility index (Phi) is 5.67. The van der Waals surface area contributed by atoms with Crippen LogP contribution in [0.3, 0.4) is 0 Å². The monoisotopic (exact) mass is 442 g/mol. The topological polar surface area (TPSA) is 42.9 Å². The van der Waals surface area contributed by atoms with Gasteiger partial charge >= 0.3 is 0 Å². The first kappa shape index (κ1) is 20.0. The molecule has 2 aromatic heterocycles. The van der Waals surface area contributed by atoms with Crippen molar-refractivity contribution < 1.29 is 9.18 Å². The highest BCUT2D eigenvalue weighted by Crippen LogP contribution is 2.38. The van der Waals surface area contributed by atoms with Gasteiger partial charge in [0.2, 0.25) is 0 Å². The van der Waals surface area contributed by atoms with Crippen LogP contribution in [0.2, 0.25) is 5.02 Å². The zero-order valence-corrected chi connectivity index (χ0v) is 18.1. The summed E-state index contributed by atoms with van der Waals surface area (Å²) in [5.41, 5.74) is 3.01. The Morgan fingerprint density at radius 1 is 1.14 bits per heavy atom. The van der Waals surface area contributed by atoms with Gasteiger partial charge < -0.3 is 0 Å². The third-order valence-corrected chi connectivity index (χ3v) is 6.59. The van der Waals surface area contributed by atoms with Gasteiger partial charge in [-0.2, -0.15) is 0 Å². The number of carbonyl (C=O) groups is 1. The maximum absolute atomic E-state index is 13.5. The van der Waals surface area contributed by atoms with Crippen molar-refractivity contribution in [2.24, 2.45) is 0 Å². The first-order chi connectivity index (χ1) is 13.9. The number of aromatic nitrogens is 2. The zero-order valence-electron chi connectivity index (χ0n) is 15.7. The summed E-state index contributed by atoms with van der Waals surface area (Å²) in [7, 11) is 0. The standard InChI is InChI=1S/C22H16ClFN2OS2/c1-12-9-15(5-8-18(12)24)19(27)11-29-22-20-17(14-3-6-16(23)7-4-14)10-28-21(20)25-13(2)26-22/h3-10H,11H2,1-2H3. The lowest BCUT2D eigenvalue weighted by molar-refractivity contribution is 0.102. The number of Topliss-reactive ketones (excluding diaryl/α,β-unsaturated/α-hetero) is 1. The highest BCUT2D eigenvalue weighted by atomic mass is 35.5. The summed E-state index contributed by atoms with van der Waals surface area (Å²) >= 11 is 8.95. The van der Waals surface area contributed by atoms with Gasteiger partial charge in [-0.25, -0.2) is 14.4 Å². The molecule has 0 saturated carbocycles. The summed E-state index contributed by atoms with van der Waals surface area (Å²) in [5.74, 6) is 0.501. The van der Waals surface area contributed by atoms with E-state index < -0.39 is 0 Å². The number of aryl methyl sites for hydroxylation is 2. The second kappa shape index (κ2) is 8.22. The van der Waals surface area contributed by atoms with Crippen LogP contribution < -0.4 is 0 Å². The normalized spacial score (nSPS) is 11.2. The number of rotatable bonds is 5. The van der Waals surface area contributed by atoms with Crippen molar-refractivity contribution in [3.05, 3.63) is 75.6 Å². The molecule has 0 radical (unpaired) electrons. The molecule has 0 bridgehead atoms. The molecule has 0 aliphatic heterocycles. The van der Waals surface area contributed by atoms with Crippen molar-refractivity contribution in [3.8, 4) is 11.1 Å². The van der Waals surface area contributed by atoms with E-state index in [0.29, 0.717) is 22.0 Å². The van der Waals surface area contributed by atoms with Gasteiger partial charge in [0.05, 0.1) is 11.1 Å². The van der Waals surface area contributed by atoms with Gasteiger partial charge in [0.1, 0.15) is 21.5 Å². The third kappa shape index (κ3) is 4.20.